The molecule has 0 aliphatic heterocycles. The lowest BCUT2D eigenvalue weighted by atomic mass is 9.70. The van der Waals surface area contributed by atoms with E-state index in [0.717, 1.165) is 16.6 Å². The van der Waals surface area contributed by atoms with E-state index >= 15 is 0 Å². The quantitative estimate of drug-likeness (QED) is 0.220. The second kappa shape index (κ2) is 7.36. The molecule has 1 spiro atoms. The molecule has 1 atom stereocenters. The molecule has 7 aromatic rings. The maximum atomic E-state index is 6.26. The second-order valence-electron chi connectivity index (χ2n) is 10.9. The number of hydrogen-bond donors (Lipinski definition) is 0. The molecule has 1 heterocycles. The lowest BCUT2D eigenvalue weighted by Gasteiger charge is -2.31. The SMILES string of the molecule is Cc1ccc2c(c1)C1(c3ccccc3-2)c2ccccc2-c2ccc(-c3cccc4oc5ccccc5c34)cc21. The summed E-state index contributed by atoms with van der Waals surface area (Å²) in [7, 11) is 0. The zero-order valence-corrected chi connectivity index (χ0v) is 21.5. The van der Waals surface area contributed by atoms with Crippen LogP contribution in [0.2, 0.25) is 0 Å². The summed E-state index contributed by atoms with van der Waals surface area (Å²) in [6, 6.07) is 46.9. The molecule has 1 heteroatoms. The number of para-hydroxylation sites is 1. The van der Waals surface area contributed by atoms with Crippen LogP contribution >= 0.6 is 0 Å². The van der Waals surface area contributed by atoms with E-state index in [9.17, 15) is 0 Å². The van der Waals surface area contributed by atoms with Crippen molar-refractivity contribution in [3.05, 3.63) is 155 Å². The Morgan fingerprint density at radius 2 is 1.05 bits per heavy atom. The molecule has 1 aromatic heterocycles. The third kappa shape index (κ3) is 2.55. The van der Waals surface area contributed by atoms with Gasteiger partial charge in [-0.05, 0) is 80.8 Å². The molecule has 0 fully saturated rings. The Balaban J connectivity index is 1.41. The maximum Gasteiger partial charge on any atom is 0.136 e. The molecule has 2 aliphatic rings. The van der Waals surface area contributed by atoms with Crippen LogP contribution in [0.15, 0.2) is 132 Å². The Morgan fingerprint density at radius 1 is 0.462 bits per heavy atom. The van der Waals surface area contributed by atoms with E-state index in [4.69, 9.17) is 4.42 Å². The Bertz CT molecular complexity index is 2130. The molecule has 6 aromatic carbocycles. The Hall–Kier alpha value is -4.88. The van der Waals surface area contributed by atoms with Gasteiger partial charge in [-0.15, -0.1) is 0 Å². The van der Waals surface area contributed by atoms with Crippen LogP contribution in [-0.2, 0) is 5.41 Å². The zero-order valence-electron chi connectivity index (χ0n) is 21.5. The monoisotopic (exact) mass is 496 g/mol. The van der Waals surface area contributed by atoms with Crippen molar-refractivity contribution < 1.29 is 4.42 Å². The molecule has 0 saturated carbocycles. The van der Waals surface area contributed by atoms with Crippen molar-refractivity contribution >= 4 is 21.9 Å². The van der Waals surface area contributed by atoms with Gasteiger partial charge in [0.25, 0.3) is 0 Å². The molecule has 182 valence electrons. The Morgan fingerprint density at radius 3 is 1.85 bits per heavy atom. The minimum absolute atomic E-state index is 0.341. The highest BCUT2D eigenvalue weighted by Gasteiger charge is 2.51. The van der Waals surface area contributed by atoms with E-state index in [1.807, 2.05) is 6.07 Å². The molecule has 39 heavy (non-hydrogen) atoms. The van der Waals surface area contributed by atoms with Gasteiger partial charge in [0.15, 0.2) is 0 Å². The van der Waals surface area contributed by atoms with Crippen molar-refractivity contribution in [1.82, 2.24) is 0 Å². The fourth-order valence-electron chi connectivity index (χ4n) is 7.44. The summed E-state index contributed by atoms with van der Waals surface area (Å²) < 4.78 is 6.26. The standard InChI is InChI=1S/C38H24O/c1-23-17-19-28-26-9-2-5-13-31(26)38(33(28)21-23)32-14-6-3-10-27(32)29-20-18-24(22-34(29)38)25-12-8-16-36-37(25)30-11-4-7-15-35(30)39-36/h2-22H,1H3. The molecule has 0 radical (unpaired) electrons. The van der Waals surface area contributed by atoms with Gasteiger partial charge in [-0.3, -0.25) is 0 Å². The van der Waals surface area contributed by atoms with Crippen LogP contribution in [0.1, 0.15) is 27.8 Å². The summed E-state index contributed by atoms with van der Waals surface area (Å²) in [5.74, 6) is 0. The second-order valence-corrected chi connectivity index (χ2v) is 10.9. The highest BCUT2D eigenvalue weighted by atomic mass is 16.3. The van der Waals surface area contributed by atoms with E-state index in [2.05, 4.69) is 128 Å². The summed E-state index contributed by atoms with van der Waals surface area (Å²) in [5.41, 5.74) is 16.1. The zero-order chi connectivity index (χ0) is 25.7. The van der Waals surface area contributed by atoms with Gasteiger partial charge >= 0.3 is 0 Å². The molecule has 0 bridgehead atoms. The smallest absolute Gasteiger partial charge is 0.136 e. The first kappa shape index (κ1) is 21.1. The number of aryl methyl sites for hydroxylation is 1. The number of benzene rings is 6. The normalized spacial score (nSPS) is 16.4. The minimum atomic E-state index is -0.341. The van der Waals surface area contributed by atoms with Crippen molar-refractivity contribution in [3.8, 4) is 33.4 Å². The lowest BCUT2D eigenvalue weighted by Crippen LogP contribution is -2.26. The van der Waals surface area contributed by atoms with E-state index in [-0.39, 0.29) is 5.41 Å². The highest BCUT2D eigenvalue weighted by Crippen LogP contribution is 2.63. The first-order valence-electron chi connectivity index (χ1n) is 13.6. The van der Waals surface area contributed by atoms with Crippen molar-refractivity contribution in [2.45, 2.75) is 12.3 Å². The van der Waals surface area contributed by atoms with Crippen LogP contribution in [0.5, 0.6) is 0 Å². The van der Waals surface area contributed by atoms with Crippen molar-refractivity contribution in [2.75, 3.05) is 0 Å². The number of furan rings is 1. The molecule has 0 saturated heterocycles. The average Bonchev–Trinajstić information content (AvgIpc) is 3.60. The average molecular weight is 497 g/mol. The molecular formula is C38H24O. The van der Waals surface area contributed by atoms with Crippen molar-refractivity contribution in [2.24, 2.45) is 0 Å². The molecule has 0 amide bonds. The van der Waals surface area contributed by atoms with Crippen LogP contribution in [-0.4, -0.2) is 0 Å². The molecular weight excluding hydrogens is 472 g/mol. The predicted molar refractivity (Wildman–Crippen MR) is 160 cm³/mol. The number of fused-ring (bicyclic) bond motifs is 13. The van der Waals surface area contributed by atoms with Crippen molar-refractivity contribution in [1.29, 1.82) is 0 Å². The molecule has 1 unspecified atom stereocenters. The minimum Gasteiger partial charge on any atom is -0.456 e. The summed E-state index contributed by atoms with van der Waals surface area (Å²) >= 11 is 0. The van der Waals surface area contributed by atoms with Crippen LogP contribution in [0.3, 0.4) is 0 Å². The van der Waals surface area contributed by atoms with E-state index in [0.29, 0.717) is 0 Å². The van der Waals surface area contributed by atoms with Gasteiger partial charge in [0, 0.05) is 10.8 Å². The van der Waals surface area contributed by atoms with Gasteiger partial charge in [-0.1, -0.05) is 115 Å². The fourth-order valence-corrected chi connectivity index (χ4v) is 7.44. The van der Waals surface area contributed by atoms with E-state index in [1.165, 1.54) is 66.6 Å². The topological polar surface area (TPSA) is 13.1 Å². The first-order chi connectivity index (χ1) is 19.2. The molecule has 9 rings (SSSR count). The van der Waals surface area contributed by atoms with Crippen LogP contribution in [0, 0.1) is 6.92 Å². The maximum absolute atomic E-state index is 6.26. The molecule has 0 N–H and O–H groups in total. The van der Waals surface area contributed by atoms with Crippen molar-refractivity contribution in [3.63, 3.8) is 0 Å². The Kier molecular flexibility index (Phi) is 3.98. The van der Waals surface area contributed by atoms with Gasteiger partial charge in [0.05, 0.1) is 5.41 Å². The van der Waals surface area contributed by atoms with Crippen LogP contribution in [0.25, 0.3) is 55.3 Å². The third-order valence-corrected chi connectivity index (χ3v) is 8.96. The first-order valence-corrected chi connectivity index (χ1v) is 13.6. The summed E-state index contributed by atoms with van der Waals surface area (Å²) in [5, 5.41) is 2.34. The van der Waals surface area contributed by atoms with Gasteiger partial charge in [0.1, 0.15) is 11.2 Å². The van der Waals surface area contributed by atoms with E-state index in [1.54, 1.807) is 0 Å². The Labute approximate surface area is 227 Å². The van der Waals surface area contributed by atoms with Gasteiger partial charge in [0.2, 0.25) is 0 Å². The van der Waals surface area contributed by atoms with E-state index < -0.39 is 0 Å². The van der Waals surface area contributed by atoms with Gasteiger partial charge in [-0.25, -0.2) is 0 Å². The van der Waals surface area contributed by atoms with Gasteiger partial charge in [-0.2, -0.15) is 0 Å². The molecule has 1 nitrogen and oxygen atoms in total. The van der Waals surface area contributed by atoms with Crippen LogP contribution < -0.4 is 0 Å². The highest BCUT2D eigenvalue weighted by molar-refractivity contribution is 6.12. The summed E-state index contributed by atoms with van der Waals surface area (Å²) in [6.45, 7) is 2.21. The molecule has 2 aliphatic carbocycles. The predicted octanol–water partition coefficient (Wildman–Crippen LogP) is 9.90. The largest absolute Gasteiger partial charge is 0.456 e. The third-order valence-electron chi connectivity index (χ3n) is 8.96. The summed E-state index contributed by atoms with van der Waals surface area (Å²) in [6.07, 6.45) is 0. The van der Waals surface area contributed by atoms with Crippen LogP contribution in [0.4, 0.5) is 0 Å². The number of hydrogen-bond acceptors (Lipinski definition) is 1. The lowest BCUT2D eigenvalue weighted by molar-refractivity contribution is 0.669. The number of rotatable bonds is 1. The summed E-state index contributed by atoms with van der Waals surface area (Å²) in [4.78, 5) is 0. The van der Waals surface area contributed by atoms with Gasteiger partial charge < -0.3 is 4.42 Å². The fraction of sp³-hybridized carbons (Fsp3) is 0.0526.